The molecule has 0 aliphatic carbocycles. The highest BCUT2D eigenvalue weighted by Crippen LogP contribution is 2.30. The average molecular weight is 441 g/mol. The summed E-state index contributed by atoms with van der Waals surface area (Å²) < 4.78 is 38.1. The number of sulfonamides is 1. The van der Waals surface area contributed by atoms with Crippen molar-refractivity contribution in [1.29, 1.82) is 0 Å². The predicted octanol–water partition coefficient (Wildman–Crippen LogP) is 3.93. The molecule has 11 heteroatoms. The van der Waals surface area contributed by atoms with Crippen LogP contribution in [-0.4, -0.2) is 30.5 Å². The monoisotopic (exact) mass is 440 g/mol. The second-order valence-electron chi connectivity index (χ2n) is 5.86. The lowest BCUT2D eigenvalue weighted by Gasteiger charge is -2.09. The molecule has 1 aromatic carbocycles. The van der Waals surface area contributed by atoms with E-state index in [1.54, 1.807) is 13.0 Å². The highest BCUT2D eigenvalue weighted by molar-refractivity contribution is 7.92. The lowest BCUT2D eigenvalue weighted by atomic mass is 10.2. The van der Waals surface area contributed by atoms with E-state index in [2.05, 4.69) is 20.0 Å². The molecule has 2 N–H and O–H groups in total. The molecule has 0 saturated heterocycles. The van der Waals surface area contributed by atoms with E-state index in [0.717, 1.165) is 23.5 Å². The molecule has 28 heavy (non-hydrogen) atoms. The topological polar surface area (TPSA) is 101 Å². The van der Waals surface area contributed by atoms with Crippen LogP contribution in [0.3, 0.4) is 0 Å². The fraction of sp³-hybridized carbons (Fsp3) is 0.118. The number of anilines is 2. The van der Waals surface area contributed by atoms with Crippen LogP contribution in [0.5, 0.6) is 0 Å². The lowest BCUT2D eigenvalue weighted by molar-refractivity contribution is 0.103. The Morgan fingerprint density at radius 1 is 1.14 bits per heavy atom. The van der Waals surface area contributed by atoms with Crippen LogP contribution in [0.2, 0.25) is 5.02 Å². The van der Waals surface area contributed by atoms with Gasteiger partial charge in [0.1, 0.15) is 0 Å². The summed E-state index contributed by atoms with van der Waals surface area (Å²) >= 11 is 7.23. The predicted molar refractivity (Wildman–Crippen MR) is 108 cm³/mol. The van der Waals surface area contributed by atoms with Crippen LogP contribution in [0.1, 0.15) is 14.5 Å². The van der Waals surface area contributed by atoms with E-state index in [1.807, 2.05) is 0 Å². The van der Waals surface area contributed by atoms with E-state index in [4.69, 9.17) is 11.6 Å². The Kier molecular flexibility index (Phi) is 5.64. The van der Waals surface area contributed by atoms with Crippen LogP contribution in [0, 0.1) is 12.7 Å². The van der Waals surface area contributed by atoms with Crippen molar-refractivity contribution >= 4 is 50.2 Å². The van der Waals surface area contributed by atoms with Crippen LogP contribution in [0.4, 0.5) is 15.8 Å². The number of thiophene rings is 1. The number of benzene rings is 1. The van der Waals surface area contributed by atoms with Crippen molar-refractivity contribution in [3.8, 4) is 11.4 Å². The molecule has 0 unspecified atom stereocenters. The first-order chi connectivity index (χ1) is 13.1. The first kappa shape index (κ1) is 20.2. The van der Waals surface area contributed by atoms with Crippen molar-refractivity contribution < 1.29 is 17.6 Å². The van der Waals surface area contributed by atoms with Gasteiger partial charge in [0.05, 0.1) is 29.2 Å². The molecule has 2 heterocycles. The zero-order valence-corrected chi connectivity index (χ0v) is 17.0. The minimum Gasteiger partial charge on any atom is -0.321 e. The highest BCUT2D eigenvalue weighted by atomic mass is 35.5. The van der Waals surface area contributed by atoms with Gasteiger partial charge < -0.3 is 5.32 Å². The van der Waals surface area contributed by atoms with Crippen LogP contribution in [-0.2, 0) is 10.0 Å². The maximum Gasteiger partial charge on any atom is 0.265 e. The molecule has 7 nitrogen and oxygen atoms in total. The molecule has 0 aliphatic heterocycles. The number of hydrogen-bond acceptors (Lipinski definition) is 6. The van der Waals surface area contributed by atoms with Crippen LogP contribution < -0.4 is 10.0 Å². The normalized spacial score (nSPS) is 11.3. The Balaban J connectivity index is 1.84. The van der Waals surface area contributed by atoms with Gasteiger partial charge >= 0.3 is 0 Å². The second-order valence-corrected chi connectivity index (χ2v) is 9.30. The van der Waals surface area contributed by atoms with Gasteiger partial charge in [0.15, 0.2) is 11.6 Å². The third-order valence-corrected chi connectivity index (χ3v) is 5.34. The number of halogens is 2. The summed E-state index contributed by atoms with van der Waals surface area (Å²) in [6.45, 7) is 1.80. The van der Waals surface area contributed by atoms with E-state index < -0.39 is 21.7 Å². The molecule has 0 saturated carbocycles. The number of nitrogens with one attached hydrogen (secondary N) is 2. The van der Waals surface area contributed by atoms with E-state index in [9.17, 15) is 17.6 Å². The van der Waals surface area contributed by atoms with Crippen LogP contribution in [0.25, 0.3) is 11.4 Å². The van der Waals surface area contributed by atoms with Gasteiger partial charge in [-0.25, -0.2) is 22.8 Å². The van der Waals surface area contributed by atoms with Crippen molar-refractivity contribution in [3.05, 3.63) is 57.3 Å². The van der Waals surface area contributed by atoms with Gasteiger partial charge in [0, 0.05) is 21.2 Å². The van der Waals surface area contributed by atoms with Gasteiger partial charge in [-0.05, 0) is 31.2 Å². The van der Waals surface area contributed by atoms with Crippen molar-refractivity contribution in [3.63, 3.8) is 0 Å². The summed E-state index contributed by atoms with van der Waals surface area (Å²) in [5.74, 6) is -0.639. The minimum atomic E-state index is -3.49. The Bertz CT molecular complexity index is 1150. The van der Waals surface area contributed by atoms with E-state index in [1.165, 1.54) is 29.5 Å². The minimum absolute atomic E-state index is 0.230. The smallest absolute Gasteiger partial charge is 0.265 e. The van der Waals surface area contributed by atoms with Crippen molar-refractivity contribution in [2.45, 2.75) is 6.92 Å². The molecule has 0 fully saturated rings. The first-order valence-electron chi connectivity index (χ1n) is 7.79. The summed E-state index contributed by atoms with van der Waals surface area (Å²) in [5.41, 5.74) is 1.18. The fourth-order valence-electron chi connectivity index (χ4n) is 2.39. The SMILES string of the molecule is Cc1sc(C(=O)Nc2cc(Cl)cc(NS(C)(=O)=O)c2)cc1-c1ncc(F)cn1. The number of aryl methyl sites for hydroxylation is 1. The Labute approximate surface area is 169 Å². The third-order valence-electron chi connectivity index (χ3n) is 3.46. The molecular weight excluding hydrogens is 427 g/mol. The van der Waals surface area contributed by atoms with Crippen molar-refractivity contribution in [2.24, 2.45) is 0 Å². The molecule has 3 aromatic rings. The average Bonchev–Trinajstić information content (AvgIpc) is 2.95. The summed E-state index contributed by atoms with van der Waals surface area (Å²) in [6, 6.07) is 5.99. The molecule has 0 bridgehead atoms. The molecular formula is C17H14ClFN4O3S2. The van der Waals surface area contributed by atoms with Gasteiger partial charge in [-0.15, -0.1) is 11.3 Å². The maximum absolute atomic E-state index is 13.0. The molecule has 1 amide bonds. The number of aromatic nitrogens is 2. The van der Waals surface area contributed by atoms with Gasteiger partial charge in [-0.2, -0.15) is 0 Å². The summed E-state index contributed by atoms with van der Waals surface area (Å²) in [6.07, 6.45) is 3.13. The standard InChI is InChI=1S/C17H14ClFN4O3S2/c1-9-14(16-20-7-11(19)8-21-16)6-15(27-9)17(24)22-12-3-10(18)4-13(5-12)23-28(2,25)26/h3-8,23H,1-2H3,(H,22,24). The Hall–Kier alpha value is -2.56. The molecule has 2 aromatic heterocycles. The number of rotatable bonds is 5. The lowest BCUT2D eigenvalue weighted by Crippen LogP contribution is -2.12. The summed E-state index contributed by atoms with van der Waals surface area (Å²) in [4.78, 5) is 21.6. The second kappa shape index (κ2) is 7.82. The molecule has 146 valence electrons. The largest absolute Gasteiger partial charge is 0.321 e. The number of carbonyl (C=O) groups excluding carboxylic acids is 1. The van der Waals surface area contributed by atoms with Crippen molar-refractivity contribution in [1.82, 2.24) is 9.97 Å². The number of hydrogen-bond donors (Lipinski definition) is 2. The van der Waals surface area contributed by atoms with Gasteiger partial charge in [0.2, 0.25) is 10.0 Å². The fourth-order valence-corrected chi connectivity index (χ4v) is 4.09. The number of amides is 1. The van der Waals surface area contributed by atoms with Gasteiger partial charge in [-0.1, -0.05) is 11.6 Å². The van der Waals surface area contributed by atoms with E-state index in [0.29, 0.717) is 22.0 Å². The maximum atomic E-state index is 13.0. The zero-order chi connectivity index (χ0) is 20.5. The van der Waals surface area contributed by atoms with E-state index in [-0.39, 0.29) is 10.7 Å². The van der Waals surface area contributed by atoms with Gasteiger partial charge in [0.25, 0.3) is 5.91 Å². The molecule has 3 rings (SSSR count). The molecule has 0 radical (unpaired) electrons. The highest BCUT2D eigenvalue weighted by Gasteiger charge is 2.16. The molecule has 0 atom stereocenters. The van der Waals surface area contributed by atoms with Crippen molar-refractivity contribution in [2.75, 3.05) is 16.3 Å². The van der Waals surface area contributed by atoms with E-state index >= 15 is 0 Å². The Morgan fingerprint density at radius 2 is 1.79 bits per heavy atom. The molecule has 0 aliphatic rings. The Morgan fingerprint density at radius 3 is 2.43 bits per heavy atom. The summed E-state index contributed by atoms with van der Waals surface area (Å²) in [7, 11) is -3.49. The summed E-state index contributed by atoms with van der Waals surface area (Å²) in [5, 5.41) is 2.93. The van der Waals surface area contributed by atoms with Crippen LogP contribution in [0.15, 0.2) is 36.7 Å². The third kappa shape index (κ3) is 5.03. The first-order valence-corrected chi connectivity index (χ1v) is 10.9. The quantitative estimate of drug-likeness (QED) is 0.626. The number of carbonyl (C=O) groups is 1. The van der Waals surface area contributed by atoms with Gasteiger partial charge in [-0.3, -0.25) is 9.52 Å². The van der Waals surface area contributed by atoms with Crippen LogP contribution >= 0.6 is 22.9 Å². The number of nitrogens with zero attached hydrogens (tertiary/aromatic N) is 2. The molecule has 0 spiro atoms. The zero-order valence-electron chi connectivity index (χ0n) is 14.7.